The van der Waals surface area contributed by atoms with Crippen molar-refractivity contribution in [2.45, 2.75) is 44.8 Å². The van der Waals surface area contributed by atoms with Crippen LogP contribution in [0.2, 0.25) is 0 Å². The minimum Gasteiger partial charge on any atom is -0.376 e. The molecule has 1 rings (SSSR count). The summed E-state index contributed by atoms with van der Waals surface area (Å²) < 4.78 is 11.4. The molecular weight excluding hydrogens is 178 g/mol. The van der Waals surface area contributed by atoms with Crippen LogP contribution in [0.15, 0.2) is 0 Å². The zero-order valence-corrected chi connectivity index (χ0v) is 9.64. The molecular formula is C11H23NO2. The minimum atomic E-state index is -0.0410. The van der Waals surface area contributed by atoms with Crippen LogP contribution in [0, 0.1) is 0 Å². The van der Waals surface area contributed by atoms with Crippen LogP contribution in [0.4, 0.5) is 0 Å². The molecule has 1 fully saturated rings. The van der Waals surface area contributed by atoms with Crippen molar-refractivity contribution in [1.82, 2.24) is 5.32 Å². The molecule has 2 atom stereocenters. The van der Waals surface area contributed by atoms with Crippen LogP contribution < -0.4 is 5.32 Å². The van der Waals surface area contributed by atoms with Gasteiger partial charge in [0, 0.05) is 13.2 Å². The number of hydrogen-bond acceptors (Lipinski definition) is 3. The molecule has 3 heteroatoms. The molecule has 1 aliphatic heterocycles. The number of nitrogens with one attached hydrogen (secondary N) is 1. The summed E-state index contributed by atoms with van der Waals surface area (Å²) in [6.45, 7) is 6.86. The Kier molecular flexibility index (Phi) is 4.85. The van der Waals surface area contributed by atoms with Gasteiger partial charge in [-0.3, -0.25) is 0 Å². The van der Waals surface area contributed by atoms with Crippen molar-refractivity contribution < 1.29 is 9.47 Å². The Hall–Kier alpha value is -0.120. The van der Waals surface area contributed by atoms with Crippen molar-refractivity contribution >= 4 is 0 Å². The highest BCUT2D eigenvalue weighted by Gasteiger charge is 2.25. The van der Waals surface area contributed by atoms with Gasteiger partial charge < -0.3 is 14.8 Å². The Morgan fingerprint density at radius 2 is 2.36 bits per heavy atom. The molecule has 1 N–H and O–H groups in total. The fourth-order valence-corrected chi connectivity index (χ4v) is 1.72. The van der Waals surface area contributed by atoms with Crippen LogP contribution in [-0.4, -0.2) is 38.5 Å². The molecule has 0 saturated carbocycles. The molecule has 0 aromatic carbocycles. The van der Waals surface area contributed by atoms with Gasteiger partial charge in [0.1, 0.15) is 0 Å². The van der Waals surface area contributed by atoms with E-state index in [-0.39, 0.29) is 5.60 Å². The monoisotopic (exact) mass is 201 g/mol. The van der Waals surface area contributed by atoms with Gasteiger partial charge in [0.25, 0.3) is 0 Å². The van der Waals surface area contributed by atoms with Crippen LogP contribution in [0.3, 0.4) is 0 Å². The van der Waals surface area contributed by atoms with E-state index in [0.29, 0.717) is 6.10 Å². The highest BCUT2D eigenvalue weighted by atomic mass is 16.5. The molecule has 0 radical (unpaired) electrons. The quantitative estimate of drug-likeness (QED) is 0.707. The molecule has 1 heterocycles. The van der Waals surface area contributed by atoms with Crippen molar-refractivity contribution in [3.63, 3.8) is 0 Å². The summed E-state index contributed by atoms with van der Waals surface area (Å²) >= 11 is 0. The zero-order valence-electron chi connectivity index (χ0n) is 9.64. The van der Waals surface area contributed by atoms with Crippen LogP contribution >= 0.6 is 0 Å². The van der Waals surface area contributed by atoms with Crippen molar-refractivity contribution in [3.05, 3.63) is 0 Å². The summed E-state index contributed by atoms with van der Waals surface area (Å²) in [5.41, 5.74) is -0.0410. The van der Waals surface area contributed by atoms with E-state index in [0.717, 1.165) is 32.6 Å². The van der Waals surface area contributed by atoms with Crippen LogP contribution in [-0.2, 0) is 9.47 Å². The maximum absolute atomic E-state index is 5.92. The van der Waals surface area contributed by atoms with E-state index in [1.807, 2.05) is 7.05 Å². The predicted molar refractivity (Wildman–Crippen MR) is 57.5 cm³/mol. The van der Waals surface area contributed by atoms with Crippen LogP contribution in [0.5, 0.6) is 0 Å². The van der Waals surface area contributed by atoms with Gasteiger partial charge in [-0.2, -0.15) is 0 Å². The first-order valence-corrected chi connectivity index (χ1v) is 5.60. The second-order valence-corrected chi connectivity index (χ2v) is 4.28. The first kappa shape index (κ1) is 12.0. The predicted octanol–water partition coefficient (Wildman–Crippen LogP) is 1.57. The molecule has 0 aromatic heterocycles. The Morgan fingerprint density at radius 1 is 1.57 bits per heavy atom. The first-order chi connectivity index (χ1) is 6.70. The summed E-state index contributed by atoms with van der Waals surface area (Å²) in [5, 5.41) is 3.17. The third-order valence-corrected chi connectivity index (χ3v) is 2.94. The van der Waals surface area contributed by atoms with Crippen molar-refractivity contribution in [2.24, 2.45) is 0 Å². The lowest BCUT2D eigenvalue weighted by Gasteiger charge is -2.29. The largest absolute Gasteiger partial charge is 0.376 e. The van der Waals surface area contributed by atoms with Gasteiger partial charge in [0.2, 0.25) is 0 Å². The summed E-state index contributed by atoms with van der Waals surface area (Å²) in [6, 6.07) is 0. The molecule has 0 spiro atoms. The van der Waals surface area contributed by atoms with Gasteiger partial charge in [0.15, 0.2) is 0 Å². The van der Waals surface area contributed by atoms with Gasteiger partial charge in [-0.15, -0.1) is 0 Å². The average Bonchev–Trinajstić information content (AvgIpc) is 2.68. The summed E-state index contributed by atoms with van der Waals surface area (Å²) in [5.74, 6) is 0. The second kappa shape index (κ2) is 5.69. The molecule has 1 saturated heterocycles. The minimum absolute atomic E-state index is 0.0410. The lowest BCUT2D eigenvalue weighted by Crippen LogP contribution is -2.40. The molecule has 84 valence electrons. The highest BCUT2D eigenvalue weighted by Crippen LogP contribution is 2.18. The van der Waals surface area contributed by atoms with E-state index in [9.17, 15) is 0 Å². The fraction of sp³-hybridized carbons (Fsp3) is 1.00. The van der Waals surface area contributed by atoms with Crippen molar-refractivity contribution in [1.29, 1.82) is 0 Å². The third kappa shape index (κ3) is 3.56. The van der Waals surface area contributed by atoms with Gasteiger partial charge in [-0.05, 0) is 33.2 Å². The topological polar surface area (TPSA) is 30.5 Å². The number of ether oxygens (including phenoxy) is 2. The van der Waals surface area contributed by atoms with Gasteiger partial charge in [0.05, 0.1) is 18.3 Å². The maximum atomic E-state index is 5.92. The standard InChI is InChI=1S/C11H23NO2/c1-4-11(2,9-12-3)14-8-10-6-5-7-13-10/h10,12H,4-9H2,1-3H3. The Balaban J connectivity index is 2.25. The van der Waals surface area contributed by atoms with Gasteiger partial charge in [-0.25, -0.2) is 0 Å². The fourth-order valence-electron chi connectivity index (χ4n) is 1.72. The Morgan fingerprint density at radius 3 is 2.86 bits per heavy atom. The molecule has 0 aliphatic carbocycles. The number of likely N-dealkylation sites (N-methyl/N-ethyl adjacent to an activating group) is 1. The molecule has 14 heavy (non-hydrogen) atoms. The normalized spacial score (nSPS) is 26.4. The van der Waals surface area contributed by atoms with E-state index in [1.165, 1.54) is 6.42 Å². The van der Waals surface area contributed by atoms with E-state index < -0.39 is 0 Å². The second-order valence-electron chi connectivity index (χ2n) is 4.28. The Bertz CT molecular complexity index is 157. The molecule has 3 nitrogen and oxygen atoms in total. The summed E-state index contributed by atoms with van der Waals surface area (Å²) in [6.07, 6.45) is 3.70. The van der Waals surface area contributed by atoms with Crippen molar-refractivity contribution in [3.8, 4) is 0 Å². The van der Waals surface area contributed by atoms with Gasteiger partial charge >= 0.3 is 0 Å². The van der Waals surface area contributed by atoms with E-state index in [4.69, 9.17) is 9.47 Å². The number of rotatable bonds is 6. The molecule has 0 aromatic rings. The van der Waals surface area contributed by atoms with Crippen molar-refractivity contribution in [2.75, 3.05) is 26.8 Å². The zero-order chi connectivity index (χ0) is 10.4. The van der Waals surface area contributed by atoms with Gasteiger partial charge in [-0.1, -0.05) is 6.92 Å². The van der Waals surface area contributed by atoms with E-state index in [2.05, 4.69) is 19.2 Å². The Labute approximate surface area is 87.2 Å². The molecule has 0 amide bonds. The van der Waals surface area contributed by atoms with E-state index >= 15 is 0 Å². The lowest BCUT2D eigenvalue weighted by molar-refractivity contribution is -0.0742. The molecule has 0 bridgehead atoms. The number of hydrogen-bond donors (Lipinski definition) is 1. The average molecular weight is 201 g/mol. The van der Waals surface area contributed by atoms with E-state index in [1.54, 1.807) is 0 Å². The molecule has 1 aliphatic rings. The van der Waals surface area contributed by atoms with Crippen LogP contribution in [0.25, 0.3) is 0 Å². The third-order valence-electron chi connectivity index (χ3n) is 2.94. The summed E-state index contributed by atoms with van der Waals surface area (Å²) in [7, 11) is 1.96. The smallest absolute Gasteiger partial charge is 0.0809 e. The SMILES string of the molecule is CCC(C)(CNC)OCC1CCCO1. The molecule has 2 unspecified atom stereocenters. The van der Waals surface area contributed by atoms with Crippen LogP contribution in [0.1, 0.15) is 33.1 Å². The first-order valence-electron chi connectivity index (χ1n) is 5.60. The summed E-state index contributed by atoms with van der Waals surface area (Å²) in [4.78, 5) is 0. The lowest BCUT2D eigenvalue weighted by atomic mass is 10.0. The highest BCUT2D eigenvalue weighted by molar-refractivity contribution is 4.77. The maximum Gasteiger partial charge on any atom is 0.0809 e.